The lowest BCUT2D eigenvalue weighted by Gasteiger charge is -2.24. The molecule has 10 heteroatoms. The van der Waals surface area contributed by atoms with Gasteiger partial charge in [0.2, 0.25) is 15.7 Å². The Hall–Kier alpha value is -3.89. The number of nitrogens with zero attached hydrogens (tertiary/aromatic N) is 3. The molecule has 1 unspecified atom stereocenters. The maximum Gasteiger partial charge on any atom is 0.277 e. The fraction of sp³-hybridized carbons (Fsp3) is 0.250. The molecule has 0 saturated heterocycles. The average Bonchev–Trinajstić information content (AvgIpc) is 3.72. The van der Waals surface area contributed by atoms with Gasteiger partial charge in [-0.3, -0.25) is 14.3 Å². The molecule has 4 aromatic rings. The van der Waals surface area contributed by atoms with Crippen LogP contribution in [0.3, 0.4) is 0 Å². The monoisotopic (exact) mass is 535 g/mol. The predicted octanol–water partition coefficient (Wildman–Crippen LogP) is 4.17. The molecule has 2 aromatic carbocycles. The van der Waals surface area contributed by atoms with E-state index < -0.39 is 38.0 Å². The van der Waals surface area contributed by atoms with E-state index >= 15 is 0 Å². The number of hydrogen-bond acceptors (Lipinski definition) is 7. The molecule has 0 bridgehead atoms. The zero-order valence-corrected chi connectivity index (χ0v) is 21.4. The van der Waals surface area contributed by atoms with E-state index in [0.29, 0.717) is 29.3 Å². The predicted molar refractivity (Wildman–Crippen MR) is 138 cm³/mol. The molecular weight excluding hydrogens is 509 g/mol. The van der Waals surface area contributed by atoms with Crippen LogP contribution in [-0.4, -0.2) is 41.8 Å². The summed E-state index contributed by atoms with van der Waals surface area (Å²) < 4.78 is 47.7. The zero-order chi connectivity index (χ0) is 26.9. The minimum atomic E-state index is -4.47. The third-order valence-corrected chi connectivity index (χ3v) is 8.38. The van der Waals surface area contributed by atoms with E-state index in [1.54, 1.807) is 0 Å². The molecule has 0 aliphatic heterocycles. The van der Waals surface area contributed by atoms with Gasteiger partial charge in [0.15, 0.2) is 4.90 Å². The van der Waals surface area contributed by atoms with Gasteiger partial charge in [-0.1, -0.05) is 42.5 Å². The number of rotatable bonds is 9. The van der Waals surface area contributed by atoms with E-state index in [1.165, 1.54) is 48.2 Å². The number of halogens is 1. The smallest absolute Gasteiger partial charge is 0.277 e. The molecule has 2 heterocycles. The second-order valence-corrected chi connectivity index (χ2v) is 11.2. The molecule has 196 valence electrons. The minimum Gasteiger partial charge on any atom is -0.492 e. The van der Waals surface area contributed by atoms with Crippen LogP contribution >= 0.6 is 0 Å². The Labute approximate surface area is 219 Å². The fourth-order valence-corrected chi connectivity index (χ4v) is 5.84. The zero-order valence-electron chi connectivity index (χ0n) is 20.6. The molecule has 38 heavy (non-hydrogen) atoms. The first-order valence-electron chi connectivity index (χ1n) is 12.1. The van der Waals surface area contributed by atoms with Crippen LogP contribution in [0.5, 0.6) is 5.88 Å². The Morgan fingerprint density at radius 2 is 1.79 bits per heavy atom. The van der Waals surface area contributed by atoms with Crippen molar-refractivity contribution in [2.24, 2.45) is 5.92 Å². The molecule has 1 atom stereocenters. The number of aromatic nitrogens is 3. The van der Waals surface area contributed by atoms with E-state index in [-0.39, 0.29) is 11.5 Å². The third kappa shape index (κ3) is 5.09. The molecule has 1 fully saturated rings. The molecule has 5 rings (SSSR count). The Bertz CT molecular complexity index is 1620. The van der Waals surface area contributed by atoms with Crippen molar-refractivity contribution < 1.29 is 22.7 Å². The molecule has 2 aromatic heterocycles. The highest BCUT2D eigenvalue weighted by Crippen LogP contribution is 2.35. The summed E-state index contributed by atoms with van der Waals surface area (Å²) in [4.78, 5) is 21.0. The fourth-order valence-electron chi connectivity index (χ4n) is 4.50. The second-order valence-electron chi connectivity index (χ2n) is 9.30. The quantitative estimate of drug-likeness (QED) is 0.342. The summed E-state index contributed by atoms with van der Waals surface area (Å²) in [7, 11) is -2.96. The molecule has 0 amide bonds. The van der Waals surface area contributed by atoms with E-state index in [2.05, 4.69) is 9.97 Å². The normalized spacial score (nSPS) is 14.4. The van der Waals surface area contributed by atoms with Gasteiger partial charge in [-0.25, -0.2) is 12.8 Å². The van der Waals surface area contributed by atoms with Crippen LogP contribution in [0.25, 0.3) is 11.1 Å². The maximum atomic E-state index is 13.9. The van der Waals surface area contributed by atoms with Crippen molar-refractivity contribution in [3.63, 3.8) is 0 Å². The van der Waals surface area contributed by atoms with Crippen molar-refractivity contribution >= 4 is 9.84 Å². The summed E-state index contributed by atoms with van der Waals surface area (Å²) in [6.07, 6.45) is 4.92. The molecular formula is C28H26FN3O5S. The van der Waals surface area contributed by atoms with Crippen LogP contribution in [0.4, 0.5) is 4.39 Å². The van der Waals surface area contributed by atoms with Crippen molar-refractivity contribution in [1.82, 2.24) is 14.5 Å². The summed E-state index contributed by atoms with van der Waals surface area (Å²) >= 11 is 0. The molecule has 8 nitrogen and oxygen atoms in total. The average molecular weight is 536 g/mol. The Balaban J connectivity index is 1.63. The Morgan fingerprint density at radius 1 is 1.08 bits per heavy atom. The van der Waals surface area contributed by atoms with Crippen molar-refractivity contribution in [3.05, 3.63) is 101 Å². The van der Waals surface area contributed by atoms with Crippen molar-refractivity contribution in [3.8, 4) is 17.0 Å². The van der Waals surface area contributed by atoms with Crippen LogP contribution in [0.15, 0.2) is 87.6 Å². The lowest BCUT2D eigenvalue weighted by Crippen LogP contribution is -2.35. The van der Waals surface area contributed by atoms with Crippen LogP contribution in [-0.2, 0) is 21.0 Å². The largest absolute Gasteiger partial charge is 0.492 e. The van der Waals surface area contributed by atoms with Crippen LogP contribution < -0.4 is 5.56 Å². The van der Waals surface area contributed by atoms with E-state index in [9.17, 15) is 22.7 Å². The van der Waals surface area contributed by atoms with Gasteiger partial charge in [-0.15, -0.1) is 0 Å². The van der Waals surface area contributed by atoms with Crippen LogP contribution in [0.2, 0.25) is 0 Å². The summed E-state index contributed by atoms with van der Waals surface area (Å²) in [5.41, 5.74) is 0.894. The lowest BCUT2D eigenvalue weighted by molar-refractivity contribution is 0.165. The Kier molecular flexibility index (Phi) is 7.09. The van der Waals surface area contributed by atoms with Crippen LogP contribution in [0.1, 0.15) is 30.3 Å². The first-order chi connectivity index (χ1) is 18.3. The van der Waals surface area contributed by atoms with Gasteiger partial charge in [-0.05, 0) is 48.1 Å². The molecule has 0 radical (unpaired) electrons. The molecule has 1 N–H and O–H groups in total. The van der Waals surface area contributed by atoms with E-state index in [0.717, 1.165) is 24.6 Å². The maximum absolute atomic E-state index is 13.9. The van der Waals surface area contributed by atoms with Crippen LogP contribution in [0, 0.1) is 11.7 Å². The lowest BCUT2D eigenvalue weighted by atomic mass is 10.1. The van der Waals surface area contributed by atoms with Gasteiger partial charge < -0.3 is 9.84 Å². The highest BCUT2D eigenvalue weighted by Gasteiger charge is 2.34. The number of hydrogen-bond donors (Lipinski definition) is 1. The summed E-state index contributed by atoms with van der Waals surface area (Å²) in [6, 6.07) is 15.4. The number of ether oxygens (including phenoxy) is 1. The number of benzene rings is 2. The van der Waals surface area contributed by atoms with E-state index in [1.807, 2.05) is 30.3 Å². The molecule has 1 aliphatic rings. The van der Waals surface area contributed by atoms with Crippen molar-refractivity contribution in [2.75, 3.05) is 13.7 Å². The minimum absolute atomic E-state index is 0.101. The van der Waals surface area contributed by atoms with E-state index in [4.69, 9.17) is 4.74 Å². The standard InChI is InChI=1S/C28H26FN3O5S/c1-37-17-24(20-5-3-2-4-6-20)32-25(13-18-7-8-18)31-27(33)26(28(32)34)38(35,36)23-11-9-19(10-12-23)21-14-22(29)16-30-15-21/h2-6,9-12,14-16,18,24,33H,7-8,13,17H2,1H3. The topological polar surface area (TPSA) is 111 Å². The summed E-state index contributed by atoms with van der Waals surface area (Å²) in [5.74, 6) is -0.719. The third-order valence-electron chi connectivity index (χ3n) is 6.59. The highest BCUT2D eigenvalue weighted by molar-refractivity contribution is 7.91. The highest BCUT2D eigenvalue weighted by atomic mass is 32.2. The SMILES string of the molecule is COCC(c1ccccc1)n1c(CC2CC2)nc(O)c(S(=O)(=O)c2ccc(-c3cncc(F)c3)cc2)c1=O. The van der Waals surface area contributed by atoms with Crippen molar-refractivity contribution in [1.29, 1.82) is 0 Å². The summed E-state index contributed by atoms with van der Waals surface area (Å²) in [5, 5.41) is 10.8. The Morgan fingerprint density at radius 3 is 2.42 bits per heavy atom. The number of sulfone groups is 1. The first-order valence-corrected chi connectivity index (χ1v) is 13.6. The van der Waals surface area contributed by atoms with Gasteiger partial charge in [0.1, 0.15) is 11.6 Å². The first kappa shape index (κ1) is 25.7. The number of pyridine rings is 1. The second kappa shape index (κ2) is 10.5. The molecule has 1 aliphatic carbocycles. The van der Waals surface area contributed by atoms with Gasteiger partial charge in [0.05, 0.1) is 23.7 Å². The number of methoxy groups -OCH3 is 1. The molecule has 0 spiro atoms. The van der Waals surface area contributed by atoms with Gasteiger partial charge in [0.25, 0.3) is 5.56 Å². The van der Waals surface area contributed by atoms with Crippen molar-refractivity contribution in [2.45, 2.75) is 35.1 Å². The summed E-state index contributed by atoms with van der Waals surface area (Å²) in [6.45, 7) is 0.101. The van der Waals surface area contributed by atoms with Gasteiger partial charge in [0, 0.05) is 25.3 Å². The molecule has 1 saturated carbocycles. The van der Waals surface area contributed by atoms with Gasteiger partial charge in [-0.2, -0.15) is 4.98 Å². The van der Waals surface area contributed by atoms with Gasteiger partial charge >= 0.3 is 0 Å². The number of aromatic hydroxyl groups is 1.